The number of aromatic nitrogens is 2. The number of benzene rings is 1. The van der Waals surface area contributed by atoms with Crippen LogP contribution >= 0.6 is 0 Å². The smallest absolute Gasteiger partial charge is 0.374 e. The lowest BCUT2D eigenvalue weighted by Gasteiger charge is -2.35. The number of esters is 1. The third-order valence-corrected chi connectivity index (χ3v) is 4.58. The van der Waals surface area contributed by atoms with Crippen LogP contribution in [0.3, 0.4) is 0 Å². The Labute approximate surface area is 155 Å². The maximum atomic E-state index is 12.4. The number of ether oxygens (including phenoxy) is 2. The minimum absolute atomic E-state index is 0.129. The first-order chi connectivity index (χ1) is 13.2. The molecule has 0 bridgehead atoms. The van der Waals surface area contributed by atoms with Crippen LogP contribution in [0.25, 0.3) is 0 Å². The molecule has 1 aromatic carbocycles. The van der Waals surface area contributed by atoms with E-state index in [1.165, 1.54) is 6.26 Å². The zero-order chi connectivity index (χ0) is 18.6. The van der Waals surface area contributed by atoms with Crippen LogP contribution in [0, 0.1) is 11.3 Å². The first kappa shape index (κ1) is 16.9. The molecule has 27 heavy (non-hydrogen) atoms. The second-order valence-electron chi connectivity index (χ2n) is 6.37. The van der Waals surface area contributed by atoms with Crippen molar-refractivity contribution in [1.82, 2.24) is 9.55 Å². The molecule has 0 spiro atoms. The van der Waals surface area contributed by atoms with Gasteiger partial charge in [-0.2, -0.15) is 5.26 Å². The Hall–Kier alpha value is -3.53. The summed E-state index contributed by atoms with van der Waals surface area (Å²) in [6.07, 6.45) is 8.25. The molecular weight excluding hydrogens is 346 g/mol. The zero-order valence-electron chi connectivity index (χ0n) is 14.4. The lowest BCUT2D eigenvalue weighted by atomic mass is 9.89. The van der Waals surface area contributed by atoms with Crippen LogP contribution in [-0.4, -0.2) is 21.6 Å². The van der Waals surface area contributed by atoms with Crippen LogP contribution in [-0.2, 0) is 11.3 Å². The highest BCUT2D eigenvalue weighted by Gasteiger charge is 2.34. The predicted molar refractivity (Wildman–Crippen MR) is 93.9 cm³/mol. The van der Waals surface area contributed by atoms with Gasteiger partial charge in [-0.15, -0.1) is 0 Å². The van der Waals surface area contributed by atoms with Crippen molar-refractivity contribution in [2.24, 2.45) is 0 Å². The van der Waals surface area contributed by atoms with Crippen molar-refractivity contribution in [3.05, 3.63) is 72.2 Å². The second-order valence-corrected chi connectivity index (χ2v) is 6.37. The van der Waals surface area contributed by atoms with Crippen molar-refractivity contribution in [1.29, 1.82) is 5.26 Å². The number of nitrogens with zero attached hydrogens (tertiary/aromatic N) is 3. The van der Waals surface area contributed by atoms with Gasteiger partial charge in [-0.3, -0.25) is 0 Å². The molecule has 7 heteroatoms. The summed E-state index contributed by atoms with van der Waals surface area (Å²) in [5.41, 5.74) is 1.12. The molecule has 0 N–H and O–H groups in total. The first-order valence-corrected chi connectivity index (χ1v) is 8.60. The fourth-order valence-corrected chi connectivity index (χ4v) is 3.01. The molecule has 0 saturated heterocycles. The Morgan fingerprint density at radius 2 is 2.26 bits per heavy atom. The Morgan fingerprint density at radius 1 is 1.37 bits per heavy atom. The van der Waals surface area contributed by atoms with Crippen molar-refractivity contribution in [3.8, 4) is 11.8 Å². The molecule has 0 atom stereocenters. The van der Waals surface area contributed by atoms with Crippen molar-refractivity contribution >= 4 is 5.97 Å². The van der Waals surface area contributed by atoms with Crippen molar-refractivity contribution in [2.75, 3.05) is 0 Å². The van der Waals surface area contributed by atoms with Gasteiger partial charge in [-0.1, -0.05) is 6.07 Å². The topological polar surface area (TPSA) is 90.3 Å². The van der Waals surface area contributed by atoms with Gasteiger partial charge in [0.1, 0.15) is 18.5 Å². The van der Waals surface area contributed by atoms with Crippen LogP contribution < -0.4 is 4.74 Å². The average molecular weight is 363 g/mol. The maximum absolute atomic E-state index is 12.4. The summed E-state index contributed by atoms with van der Waals surface area (Å²) in [5.74, 6) is 0.215. The fraction of sp³-hybridized carbons (Fsp3) is 0.250. The molecule has 0 amide bonds. The number of carbonyl (C=O) groups is 1. The summed E-state index contributed by atoms with van der Waals surface area (Å²) in [6, 6.07) is 10.9. The Morgan fingerprint density at radius 3 is 3.04 bits per heavy atom. The maximum Gasteiger partial charge on any atom is 0.374 e. The van der Waals surface area contributed by atoms with E-state index in [9.17, 15) is 4.79 Å². The molecule has 0 unspecified atom stereocenters. The Balaban J connectivity index is 1.33. The summed E-state index contributed by atoms with van der Waals surface area (Å²) >= 11 is 0. The van der Waals surface area contributed by atoms with E-state index in [0.717, 1.165) is 12.8 Å². The van der Waals surface area contributed by atoms with Crippen LogP contribution in [0.15, 0.2) is 59.7 Å². The molecule has 1 saturated carbocycles. The van der Waals surface area contributed by atoms with Crippen LogP contribution in [0.4, 0.5) is 0 Å². The molecule has 4 rings (SSSR count). The largest absolute Gasteiger partial charge is 0.489 e. The van der Waals surface area contributed by atoms with E-state index in [4.69, 9.17) is 19.2 Å². The lowest BCUT2D eigenvalue weighted by molar-refractivity contribution is -0.0110. The molecule has 1 aliphatic rings. The number of carbonyl (C=O) groups excluding carboxylic acids is 1. The van der Waals surface area contributed by atoms with Gasteiger partial charge in [0.2, 0.25) is 5.76 Å². The third kappa shape index (κ3) is 3.70. The normalized spacial score (nSPS) is 18.3. The number of hydrogen-bond acceptors (Lipinski definition) is 6. The predicted octanol–water partition coefficient (Wildman–Crippen LogP) is 3.49. The van der Waals surface area contributed by atoms with E-state index in [1.54, 1.807) is 42.9 Å². The number of imidazole rings is 1. The van der Waals surface area contributed by atoms with Gasteiger partial charge < -0.3 is 18.5 Å². The first-order valence-electron chi connectivity index (χ1n) is 8.60. The molecule has 2 heterocycles. The molecular formula is C20H17N3O4. The molecule has 0 aliphatic heterocycles. The van der Waals surface area contributed by atoms with Crippen molar-refractivity contribution in [3.63, 3.8) is 0 Å². The second kappa shape index (κ2) is 7.38. The van der Waals surface area contributed by atoms with Crippen molar-refractivity contribution < 1.29 is 18.7 Å². The average Bonchev–Trinajstić information content (AvgIpc) is 3.34. The van der Waals surface area contributed by atoms with Gasteiger partial charge in [0.15, 0.2) is 0 Å². The van der Waals surface area contributed by atoms with E-state index in [-0.39, 0.29) is 18.5 Å². The summed E-state index contributed by atoms with van der Waals surface area (Å²) in [4.78, 5) is 16.4. The third-order valence-electron chi connectivity index (χ3n) is 4.58. The molecule has 3 aromatic rings. The number of nitriles is 1. The number of hydrogen-bond donors (Lipinski definition) is 0. The zero-order valence-corrected chi connectivity index (χ0v) is 14.4. The highest BCUT2D eigenvalue weighted by molar-refractivity contribution is 5.88. The molecule has 136 valence electrons. The Kier molecular flexibility index (Phi) is 4.62. The van der Waals surface area contributed by atoms with Crippen LogP contribution in [0.1, 0.15) is 40.6 Å². The number of furan rings is 1. The Bertz CT molecular complexity index is 965. The highest BCUT2D eigenvalue weighted by Crippen LogP contribution is 2.35. The van der Waals surface area contributed by atoms with Gasteiger partial charge in [0, 0.05) is 36.8 Å². The highest BCUT2D eigenvalue weighted by atomic mass is 16.6. The minimum Gasteiger partial charge on any atom is -0.489 e. The number of rotatable bonds is 6. The van der Waals surface area contributed by atoms with Gasteiger partial charge in [-0.05, 0) is 24.3 Å². The quantitative estimate of drug-likeness (QED) is 0.623. The summed E-state index contributed by atoms with van der Waals surface area (Å²) in [7, 11) is 0. The standard InChI is InChI=1S/C20H17N3O4/c21-11-14-2-1-3-17(8-14)26-12-15-4-7-25-19(15)20(24)27-18-9-16(10-18)23-6-5-22-13-23/h1-8,13,16,18H,9-10,12H2. The van der Waals surface area contributed by atoms with Gasteiger partial charge in [0.05, 0.1) is 24.2 Å². The van der Waals surface area contributed by atoms with Crippen LogP contribution in [0.2, 0.25) is 0 Å². The van der Waals surface area contributed by atoms with Gasteiger partial charge >= 0.3 is 5.97 Å². The van der Waals surface area contributed by atoms with E-state index in [0.29, 0.717) is 22.9 Å². The monoisotopic (exact) mass is 363 g/mol. The summed E-state index contributed by atoms with van der Waals surface area (Å²) < 4.78 is 18.5. The van der Waals surface area contributed by atoms with Gasteiger partial charge in [-0.25, -0.2) is 9.78 Å². The van der Waals surface area contributed by atoms with E-state index >= 15 is 0 Å². The minimum atomic E-state index is -0.488. The summed E-state index contributed by atoms with van der Waals surface area (Å²) in [5, 5.41) is 8.94. The summed E-state index contributed by atoms with van der Waals surface area (Å²) in [6.45, 7) is 0.151. The molecule has 2 aromatic heterocycles. The van der Waals surface area contributed by atoms with Crippen LogP contribution in [0.5, 0.6) is 5.75 Å². The lowest BCUT2D eigenvalue weighted by Crippen LogP contribution is -2.34. The van der Waals surface area contributed by atoms with Crippen molar-refractivity contribution in [2.45, 2.75) is 31.6 Å². The fourth-order valence-electron chi connectivity index (χ4n) is 3.01. The molecule has 7 nitrogen and oxygen atoms in total. The SMILES string of the molecule is N#Cc1cccc(OCc2ccoc2C(=O)OC2CC(n3ccnc3)C2)c1. The molecule has 1 fully saturated rings. The van der Waals surface area contributed by atoms with E-state index in [1.807, 2.05) is 10.8 Å². The molecule has 1 aliphatic carbocycles. The van der Waals surface area contributed by atoms with E-state index < -0.39 is 5.97 Å². The van der Waals surface area contributed by atoms with E-state index in [2.05, 4.69) is 11.1 Å². The molecule has 0 radical (unpaired) electrons. The van der Waals surface area contributed by atoms with Gasteiger partial charge in [0.25, 0.3) is 0 Å².